The summed E-state index contributed by atoms with van der Waals surface area (Å²) in [7, 11) is 1.33. The molecule has 2 atom stereocenters. The summed E-state index contributed by atoms with van der Waals surface area (Å²) in [5.41, 5.74) is 0. The molecule has 0 aromatic carbocycles. The van der Waals surface area contributed by atoms with Crippen LogP contribution in [-0.2, 0) is 14.3 Å². The van der Waals surface area contributed by atoms with Crippen molar-refractivity contribution in [2.24, 2.45) is 5.92 Å². The van der Waals surface area contributed by atoms with E-state index in [1.54, 1.807) is 0 Å². The first-order valence-corrected chi connectivity index (χ1v) is 5.75. The fourth-order valence-corrected chi connectivity index (χ4v) is 1.87. The van der Waals surface area contributed by atoms with E-state index in [2.05, 4.69) is 15.4 Å². The Morgan fingerprint density at radius 3 is 2.81 bits per heavy atom. The lowest BCUT2D eigenvalue weighted by atomic mass is 10.0. The summed E-state index contributed by atoms with van der Waals surface area (Å²) < 4.78 is 4.61. The molecular weight excluding hydrogens is 208 g/mol. The summed E-state index contributed by atoms with van der Waals surface area (Å²) in [4.78, 5) is 22.9. The summed E-state index contributed by atoms with van der Waals surface area (Å²) in [5.74, 6) is -0.0403. The van der Waals surface area contributed by atoms with Crippen LogP contribution in [0.15, 0.2) is 0 Å². The van der Waals surface area contributed by atoms with Crippen molar-refractivity contribution in [3.8, 4) is 0 Å². The van der Waals surface area contributed by atoms with Crippen LogP contribution in [0.4, 0.5) is 0 Å². The highest BCUT2D eigenvalue weighted by Gasteiger charge is 2.22. The van der Waals surface area contributed by atoms with Crippen LogP contribution in [0.3, 0.4) is 0 Å². The van der Waals surface area contributed by atoms with Crippen molar-refractivity contribution in [2.45, 2.75) is 32.2 Å². The third kappa shape index (κ3) is 3.81. The van der Waals surface area contributed by atoms with E-state index in [4.69, 9.17) is 0 Å². The number of carbonyl (C=O) groups excluding carboxylic acids is 2. The van der Waals surface area contributed by atoms with Crippen LogP contribution in [0.5, 0.6) is 0 Å². The van der Waals surface area contributed by atoms with Crippen LogP contribution in [0.25, 0.3) is 0 Å². The Bertz CT molecular complexity index is 250. The summed E-state index contributed by atoms with van der Waals surface area (Å²) in [5, 5.41) is 5.91. The maximum absolute atomic E-state index is 11.6. The molecule has 16 heavy (non-hydrogen) atoms. The molecule has 0 bridgehead atoms. The van der Waals surface area contributed by atoms with Crippen LogP contribution < -0.4 is 10.6 Å². The van der Waals surface area contributed by atoms with Crippen LogP contribution in [-0.4, -0.2) is 38.1 Å². The highest BCUT2D eigenvalue weighted by molar-refractivity contribution is 5.84. The van der Waals surface area contributed by atoms with E-state index >= 15 is 0 Å². The molecule has 0 aromatic rings. The molecular formula is C11H20N2O3. The minimum atomic E-state index is -0.508. The highest BCUT2D eigenvalue weighted by Crippen LogP contribution is 2.12. The molecule has 1 heterocycles. The molecule has 1 fully saturated rings. The minimum Gasteiger partial charge on any atom is -0.467 e. The fraction of sp³-hybridized carbons (Fsp3) is 0.818. The van der Waals surface area contributed by atoms with Gasteiger partial charge in [-0.1, -0.05) is 6.92 Å². The molecule has 5 heteroatoms. The summed E-state index contributed by atoms with van der Waals surface area (Å²) >= 11 is 0. The lowest BCUT2D eigenvalue weighted by Gasteiger charge is -2.15. The minimum absolute atomic E-state index is 0.0639. The second kappa shape index (κ2) is 6.48. The van der Waals surface area contributed by atoms with Gasteiger partial charge in [-0.25, -0.2) is 4.79 Å². The number of hydrogen-bond acceptors (Lipinski definition) is 4. The molecule has 0 aromatic heterocycles. The lowest BCUT2D eigenvalue weighted by Crippen LogP contribution is -2.41. The average molecular weight is 228 g/mol. The lowest BCUT2D eigenvalue weighted by molar-refractivity contribution is -0.145. The van der Waals surface area contributed by atoms with Gasteiger partial charge in [0.2, 0.25) is 5.91 Å². The van der Waals surface area contributed by atoms with E-state index in [1.807, 2.05) is 6.92 Å². The van der Waals surface area contributed by atoms with Gasteiger partial charge in [0, 0.05) is 6.42 Å². The number of nitrogens with one attached hydrogen (secondary N) is 2. The molecule has 2 unspecified atom stereocenters. The average Bonchev–Trinajstić information content (AvgIpc) is 2.77. The molecule has 0 spiro atoms. The van der Waals surface area contributed by atoms with Gasteiger partial charge in [-0.15, -0.1) is 0 Å². The number of carbonyl (C=O) groups is 2. The SMILES string of the molecule is CCC(NC(=O)CC1CCNC1)C(=O)OC. The van der Waals surface area contributed by atoms with Gasteiger partial charge in [-0.3, -0.25) is 4.79 Å². The van der Waals surface area contributed by atoms with Gasteiger partial charge in [-0.2, -0.15) is 0 Å². The normalized spacial score (nSPS) is 21.5. The number of hydrogen-bond donors (Lipinski definition) is 2. The zero-order chi connectivity index (χ0) is 12.0. The summed E-state index contributed by atoms with van der Waals surface area (Å²) in [6.07, 6.45) is 2.07. The van der Waals surface area contributed by atoms with Crippen LogP contribution in [0.1, 0.15) is 26.2 Å². The van der Waals surface area contributed by atoms with Crippen molar-refractivity contribution >= 4 is 11.9 Å². The number of esters is 1. The Morgan fingerprint density at radius 2 is 2.31 bits per heavy atom. The molecule has 1 rings (SSSR count). The van der Waals surface area contributed by atoms with Crippen LogP contribution in [0.2, 0.25) is 0 Å². The number of amides is 1. The van der Waals surface area contributed by atoms with Crippen molar-refractivity contribution in [1.29, 1.82) is 0 Å². The molecule has 0 saturated carbocycles. The molecule has 92 valence electrons. The van der Waals surface area contributed by atoms with Gasteiger partial charge in [0.25, 0.3) is 0 Å². The van der Waals surface area contributed by atoms with E-state index in [1.165, 1.54) is 7.11 Å². The first kappa shape index (κ1) is 13.0. The standard InChI is InChI=1S/C11H20N2O3/c1-3-9(11(15)16-2)13-10(14)6-8-4-5-12-7-8/h8-9,12H,3-7H2,1-2H3,(H,13,14). The quantitative estimate of drug-likeness (QED) is 0.653. The monoisotopic (exact) mass is 228 g/mol. The first-order valence-electron chi connectivity index (χ1n) is 5.75. The predicted molar refractivity (Wildman–Crippen MR) is 59.8 cm³/mol. The van der Waals surface area contributed by atoms with Crippen LogP contribution >= 0.6 is 0 Å². The Labute approximate surface area is 95.9 Å². The van der Waals surface area contributed by atoms with Gasteiger partial charge in [0.15, 0.2) is 0 Å². The Hall–Kier alpha value is -1.10. The van der Waals surface area contributed by atoms with E-state index in [9.17, 15) is 9.59 Å². The molecule has 1 aliphatic rings. The van der Waals surface area contributed by atoms with E-state index < -0.39 is 6.04 Å². The molecule has 2 N–H and O–H groups in total. The summed E-state index contributed by atoms with van der Waals surface area (Å²) in [6, 6.07) is -0.508. The van der Waals surface area contributed by atoms with Crippen molar-refractivity contribution < 1.29 is 14.3 Å². The molecule has 0 aliphatic carbocycles. The van der Waals surface area contributed by atoms with Gasteiger partial charge < -0.3 is 15.4 Å². The van der Waals surface area contributed by atoms with Gasteiger partial charge in [-0.05, 0) is 31.8 Å². The zero-order valence-corrected chi connectivity index (χ0v) is 9.91. The van der Waals surface area contributed by atoms with Crippen molar-refractivity contribution in [3.05, 3.63) is 0 Å². The second-order valence-electron chi connectivity index (χ2n) is 4.11. The molecule has 1 aliphatic heterocycles. The third-order valence-electron chi connectivity index (χ3n) is 2.87. The topological polar surface area (TPSA) is 67.4 Å². The molecule has 1 saturated heterocycles. The first-order chi connectivity index (χ1) is 7.67. The Kier molecular flexibility index (Phi) is 5.25. The van der Waals surface area contributed by atoms with Crippen molar-refractivity contribution in [2.75, 3.05) is 20.2 Å². The smallest absolute Gasteiger partial charge is 0.328 e. The zero-order valence-electron chi connectivity index (χ0n) is 9.91. The Morgan fingerprint density at radius 1 is 1.56 bits per heavy atom. The van der Waals surface area contributed by atoms with Crippen molar-refractivity contribution in [3.63, 3.8) is 0 Å². The largest absolute Gasteiger partial charge is 0.467 e. The number of methoxy groups -OCH3 is 1. The van der Waals surface area contributed by atoms with Gasteiger partial charge in [0.05, 0.1) is 7.11 Å². The number of ether oxygens (including phenoxy) is 1. The molecule has 5 nitrogen and oxygen atoms in total. The Balaban J connectivity index is 2.33. The molecule has 0 radical (unpaired) electrons. The molecule has 1 amide bonds. The van der Waals surface area contributed by atoms with Gasteiger partial charge in [0.1, 0.15) is 6.04 Å². The predicted octanol–water partition coefficient (Wildman–Crippen LogP) is 0.0538. The number of rotatable bonds is 5. The second-order valence-corrected chi connectivity index (χ2v) is 4.11. The summed E-state index contributed by atoms with van der Waals surface area (Å²) in [6.45, 7) is 3.72. The maximum Gasteiger partial charge on any atom is 0.328 e. The maximum atomic E-state index is 11.6. The van der Waals surface area contributed by atoms with Gasteiger partial charge >= 0.3 is 5.97 Å². The fourth-order valence-electron chi connectivity index (χ4n) is 1.87. The van der Waals surface area contributed by atoms with E-state index in [-0.39, 0.29) is 11.9 Å². The highest BCUT2D eigenvalue weighted by atomic mass is 16.5. The third-order valence-corrected chi connectivity index (χ3v) is 2.87. The van der Waals surface area contributed by atoms with E-state index in [0.29, 0.717) is 18.8 Å². The van der Waals surface area contributed by atoms with E-state index in [0.717, 1.165) is 19.5 Å². The van der Waals surface area contributed by atoms with Crippen LogP contribution in [0, 0.1) is 5.92 Å². The van der Waals surface area contributed by atoms with Crippen molar-refractivity contribution in [1.82, 2.24) is 10.6 Å².